The molecule has 1 N–H and O–H groups in total. The fourth-order valence-electron chi connectivity index (χ4n) is 2.69. The molecule has 0 atom stereocenters. The second kappa shape index (κ2) is 6.69. The van der Waals surface area contributed by atoms with E-state index in [4.69, 9.17) is 16.3 Å². The summed E-state index contributed by atoms with van der Waals surface area (Å²) in [7, 11) is 3.30. The summed E-state index contributed by atoms with van der Waals surface area (Å²) in [6.07, 6.45) is 4.66. The number of benzene rings is 1. The fraction of sp³-hybridized carbons (Fsp3) is 0.118. The van der Waals surface area contributed by atoms with E-state index in [2.05, 4.69) is 25.5 Å². The number of carbonyl (C=O) groups is 1. The normalized spacial score (nSPS) is 10.9. The van der Waals surface area contributed by atoms with Gasteiger partial charge in [-0.2, -0.15) is 10.2 Å². The lowest BCUT2D eigenvalue weighted by atomic mass is 10.1. The Balaban J connectivity index is 1.71. The van der Waals surface area contributed by atoms with Gasteiger partial charge in [0.05, 0.1) is 24.6 Å². The molecule has 3 heterocycles. The molecule has 0 fully saturated rings. The van der Waals surface area contributed by atoms with Crippen LogP contribution in [0.15, 0.2) is 43.0 Å². The van der Waals surface area contributed by atoms with Crippen molar-refractivity contribution in [3.8, 4) is 17.1 Å². The van der Waals surface area contributed by atoms with Crippen molar-refractivity contribution < 1.29 is 9.53 Å². The van der Waals surface area contributed by atoms with Gasteiger partial charge in [0.25, 0.3) is 5.91 Å². The Hall–Kier alpha value is -3.46. The SMILES string of the molecule is COc1c(NC(=O)c2cnn3ccc(Cl)nc23)cccc1-c1ncn(C)n1. The first-order valence-electron chi connectivity index (χ1n) is 7.91. The van der Waals surface area contributed by atoms with Crippen molar-refractivity contribution in [1.82, 2.24) is 29.4 Å². The molecule has 0 bridgehead atoms. The summed E-state index contributed by atoms with van der Waals surface area (Å²) in [6.45, 7) is 0. The third-order valence-corrected chi connectivity index (χ3v) is 4.10. The standard InChI is InChI=1S/C17H14ClN7O2/c1-24-9-19-15(23-24)10-4-3-5-12(14(10)27-2)21-17(26)11-8-20-25-7-6-13(18)22-16(11)25/h3-9H,1-2H3,(H,21,26). The summed E-state index contributed by atoms with van der Waals surface area (Å²) in [5.74, 6) is 0.568. The van der Waals surface area contributed by atoms with Gasteiger partial charge < -0.3 is 10.1 Å². The van der Waals surface area contributed by atoms with Crippen molar-refractivity contribution in [2.45, 2.75) is 0 Å². The minimum atomic E-state index is -0.385. The minimum Gasteiger partial charge on any atom is -0.494 e. The average Bonchev–Trinajstić information content (AvgIpc) is 3.27. The first-order chi connectivity index (χ1) is 13.1. The van der Waals surface area contributed by atoms with E-state index in [1.165, 1.54) is 17.8 Å². The lowest BCUT2D eigenvalue weighted by Crippen LogP contribution is -2.13. The molecule has 0 aliphatic carbocycles. The predicted molar refractivity (Wildman–Crippen MR) is 98.9 cm³/mol. The molecule has 27 heavy (non-hydrogen) atoms. The van der Waals surface area contributed by atoms with Gasteiger partial charge in [0, 0.05) is 13.2 Å². The number of carbonyl (C=O) groups excluding carboxylic acids is 1. The molecule has 0 spiro atoms. The van der Waals surface area contributed by atoms with E-state index in [9.17, 15) is 4.79 Å². The van der Waals surface area contributed by atoms with Crippen LogP contribution >= 0.6 is 11.6 Å². The van der Waals surface area contributed by atoms with Crippen molar-refractivity contribution in [2.75, 3.05) is 12.4 Å². The van der Waals surface area contributed by atoms with Crippen molar-refractivity contribution in [1.29, 1.82) is 0 Å². The van der Waals surface area contributed by atoms with Gasteiger partial charge in [0.2, 0.25) is 0 Å². The smallest absolute Gasteiger partial charge is 0.261 e. The van der Waals surface area contributed by atoms with Gasteiger partial charge in [-0.25, -0.2) is 14.5 Å². The van der Waals surface area contributed by atoms with Gasteiger partial charge in [-0.05, 0) is 18.2 Å². The number of halogens is 1. The molecule has 4 rings (SSSR count). The number of hydrogen-bond donors (Lipinski definition) is 1. The van der Waals surface area contributed by atoms with Gasteiger partial charge in [0.1, 0.15) is 17.0 Å². The van der Waals surface area contributed by atoms with E-state index >= 15 is 0 Å². The number of aromatic nitrogens is 6. The van der Waals surface area contributed by atoms with E-state index in [0.717, 1.165) is 0 Å². The van der Waals surface area contributed by atoms with Crippen LogP contribution < -0.4 is 10.1 Å². The Morgan fingerprint density at radius 3 is 2.89 bits per heavy atom. The molecular formula is C17H14ClN7O2. The molecule has 0 aliphatic heterocycles. The van der Waals surface area contributed by atoms with Gasteiger partial charge in [-0.3, -0.25) is 9.48 Å². The molecule has 0 unspecified atom stereocenters. The Morgan fingerprint density at radius 2 is 2.15 bits per heavy atom. The lowest BCUT2D eigenvalue weighted by molar-refractivity contribution is 0.102. The number of nitrogens with one attached hydrogen (secondary N) is 1. The molecule has 9 nitrogen and oxygen atoms in total. The Morgan fingerprint density at radius 1 is 1.30 bits per heavy atom. The maximum Gasteiger partial charge on any atom is 0.261 e. The number of hydrogen-bond acceptors (Lipinski definition) is 6. The van der Waals surface area contributed by atoms with Gasteiger partial charge in [-0.1, -0.05) is 17.7 Å². The summed E-state index contributed by atoms with van der Waals surface area (Å²) in [4.78, 5) is 21.2. The molecule has 1 amide bonds. The molecule has 0 radical (unpaired) electrons. The number of fused-ring (bicyclic) bond motifs is 1. The van der Waals surface area contributed by atoms with Gasteiger partial charge >= 0.3 is 0 Å². The van der Waals surface area contributed by atoms with E-state index < -0.39 is 0 Å². The number of rotatable bonds is 4. The number of methoxy groups -OCH3 is 1. The van der Waals surface area contributed by atoms with E-state index in [0.29, 0.717) is 34.0 Å². The number of nitrogens with zero attached hydrogens (tertiary/aromatic N) is 6. The Bertz CT molecular complexity index is 1150. The first kappa shape index (κ1) is 17.0. The largest absolute Gasteiger partial charge is 0.494 e. The van der Waals surface area contributed by atoms with Crippen LogP contribution in [0.3, 0.4) is 0 Å². The maximum absolute atomic E-state index is 12.8. The number of aryl methyl sites for hydroxylation is 1. The number of amides is 1. The van der Waals surface area contributed by atoms with Gasteiger partial charge in [0.15, 0.2) is 17.2 Å². The highest BCUT2D eigenvalue weighted by molar-refractivity contribution is 6.29. The van der Waals surface area contributed by atoms with Gasteiger partial charge in [-0.15, -0.1) is 0 Å². The molecule has 0 aliphatic rings. The van der Waals surface area contributed by atoms with Crippen LogP contribution in [-0.4, -0.2) is 42.4 Å². The molecule has 136 valence electrons. The summed E-state index contributed by atoms with van der Waals surface area (Å²) < 4.78 is 8.57. The summed E-state index contributed by atoms with van der Waals surface area (Å²) >= 11 is 5.93. The highest BCUT2D eigenvalue weighted by Crippen LogP contribution is 2.35. The highest BCUT2D eigenvalue weighted by Gasteiger charge is 2.19. The zero-order valence-electron chi connectivity index (χ0n) is 14.4. The Kier molecular flexibility index (Phi) is 4.21. The van der Waals surface area contributed by atoms with E-state index in [-0.39, 0.29) is 11.1 Å². The zero-order chi connectivity index (χ0) is 19.0. The Labute approximate surface area is 158 Å². The lowest BCUT2D eigenvalue weighted by Gasteiger charge is -2.12. The van der Waals surface area contributed by atoms with Crippen LogP contribution in [0.1, 0.15) is 10.4 Å². The molecular weight excluding hydrogens is 370 g/mol. The molecule has 4 aromatic rings. The van der Waals surface area contributed by atoms with Crippen LogP contribution in [0.25, 0.3) is 17.0 Å². The van der Waals surface area contributed by atoms with Crippen molar-refractivity contribution in [2.24, 2.45) is 7.05 Å². The third kappa shape index (κ3) is 3.08. The summed E-state index contributed by atoms with van der Waals surface area (Å²) in [5.41, 5.74) is 1.80. The van der Waals surface area contributed by atoms with Crippen molar-refractivity contribution in [3.05, 3.63) is 53.7 Å². The maximum atomic E-state index is 12.8. The molecule has 3 aromatic heterocycles. The topological polar surface area (TPSA) is 99.2 Å². The molecule has 10 heteroatoms. The number of ether oxygens (including phenoxy) is 1. The van der Waals surface area contributed by atoms with E-state index in [1.807, 2.05) is 6.07 Å². The van der Waals surface area contributed by atoms with Crippen molar-refractivity contribution >= 4 is 28.8 Å². The third-order valence-electron chi connectivity index (χ3n) is 3.89. The van der Waals surface area contributed by atoms with Crippen LogP contribution in [0, 0.1) is 0 Å². The van der Waals surface area contributed by atoms with Crippen LogP contribution in [-0.2, 0) is 7.05 Å². The first-order valence-corrected chi connectivity index (χ1v) is 8.29. The molecule has 1 aromatic carbocycles. The van der Waals surface area contributed by atoms with Crippen LogP contribution in [0.2, 0.25) is 5.15 Å². The zero-order valence-corrected chi connectivity index (χ0v) is 15.2. The predicted octanol–water partition coefficient (Wildman–Crippen LogP) is 2.44. The quantitative estimate of drug-likeness (QED) is 0.543. The van der Waals surface area contributed by atoms with Crippen molar-refractivity contribution in [3.63, 3.8) is 0 Å². The number of anilines is 1. The average molecular weight is 384 g/mol. The highest BCUT2D eigenvalue weighted by atomic mass is 35.5. The monoisotopic (exact) mass is 383 g/mol. The van der Waals surface area contributed by atoms with E-state index in [1.54, 1.807) is 42.5 Å². The second-order valence-electron chi connectivity index (χ2n) is 5.66. The molecule has 0 saturated heterocycles. The summed E-state index contributed by atoms with van der Waals surface area (Å²) in [5, 5.41) is 11.5. The summed E-state index contributed by atoms with van der Waals surface area (Å²) in [6, 6.07) is 6.93. The fourth-order valence-corrected chi connectivity index (χ4v) is 2.83. The second-order valence-corrected chi connectivity index (χ2v) is 6.05. The number of para-hydroxylation sites is 1. The minimum absolute atomic E-state index is 0.276. The molecule has 0 saturated carbocycles. The van der Waals surface area contributed by atoms with Crippen LogP contribution in [0.4, 0.5) is 5.69 Å². The van der Waals surface area contributed by atoms with Crippen LogP contribution in [0.5, 0.6) is 5.75 Å².